The summed E-state index contributed by atoms with van der Waals surface area (Å²) in [5.74, 6) is -2.00. The van der Waals surface area contributed by atoms with E-state index in [0.29, 0.717) is 25.7 Å². The quantitative estimate of drug-likeness (QED) is 0.275. The van der Waals surface area contributed by atoms with Gasteiger partial charge in [0.2, 0.25) is 0 Å². The molecule has 0 unspecified atom stereocenters. The van der Waals surface area contributed by atoms with Crippen molar-refractivity contribution in [3.63, 3.8) is 0 Å². The fourth-order valence-electron chi connectivity index (χ4n) is 6.06. The Balaban J connectivity index is 5.78. The molecule has 0 bridgehead atoms. The highest BCUT2D eigenvalue weighted by Gasteiger charge is 2.46. The molecule has 218 valence electrons. The summed E-state index contributed by atoms with van der Waals surface area (Å²) in [4.78, 5) is 39.0. The molecule has 0 aliphatic carbocycles. The molecule has 0 aliphatic heterocycles. The van der Waals surface area contributed by atoms with Crippen LogP contribution < -0.4 is 0 Å². The Labute approximate surface area is 227 Å². The molecule has 0 saturated carbocycles. The van der Waals surface area contributed by atoms with Gasteiger partial charge in [-0.3, -0.25) is 14.4 Å². The second-order valence-electron chi connectivity index (χ2n) is 17.1. The third-order valence-corrected chi connectivity index (χ3v) is 6.23. The molecule has 0 radical (unpaired) electrons. The van der Waals surface area contributed by atoms with E-state index in [1.807, 2.05) is 13.8 Å². The summed E-state index contributed by atoms with van der Waals surface area (Å²) < 4.78 is 11.4. The topological polar surface area (TPSA) is 89.9 Å². The minimum Gasteiger partial charge on any atom is -0.481 e. The van der Waals surface area contributed by atoms with Crippen molar-refractivity contribution in [3.8, 4) is 0 Å². The van der Waals surface area contributed by atoms with Crippen LogP contribution in [0.2, 0.25) is 0 Å². The van der Waals surface area contributed by atoms with E-state index in [9.17, 15) is 19.5 Å². The summed E-state index contributed by atoms with van der Waals surface area (Å²) in [7, 11) is 0. The first-order chi connectivity index (χ1) is 16.0. The van der Waals surface area contributed by atoms with Gasteiger partial charge in [0, 0.05) is 0 Å². The molecule has 37 heavy (non-hydrogen) atoms. The van der Waals surface area contributed by atoms with Crippen LogP contribution in [0.3, 0.4) is 0 Å². The van der Waals surface area contributed by atoms with Crippen molar-refractivity contribution < 1.29 is 29.0 Å². The van der Waals surface area contributed by atoms with Crippen LogP contribution in [0.15, 0.2) is 0 Å². The van der Waals surface area contributed by atoms with Crippen LogP contribution in [0.5, 0.6) is 0 Å². The molecule has 0 heterocycles. The van der Waals surface area contributed by atoms with Crippen molar-refractivity contribution in [1.82, 2.24) is 0 Å². The summed E-state index contributed by atoms with van der Waals surface area (Å²) in [6.07, 6.45) is 2.42. The molecule has 0 amide bonds. The highest BCUT2D eigenvalue weighted by molar-refractivity contribution is 5.80. The summed E-state index contributed by atoms with van der Waals surface area (Å²) in [5.41, 5.74) is -3.57. The van der Waals surface area contributed by atoms with Crippen molar-refractivity contribution in [2.75, 3.05) is 13.2 Å². The molecule has 0 atom stereocenters. The lowest BCUT2D eigenvalue weighted by Crippen LogP contribution is -2.44. The number of carbonyl (C=O) groups excluding carboxylic acids is 2. The van der Waals surface area contributed by atoms with Gasteiger partial charge in [0.1, 0.15) is 18.6 Å². The predicted molar refractivity (Wildman–Crippen MR) is 150 cm³/mol. The Morgan fingerprint density at radius 1 is 0.459 bits per heavy atom. The van der Waals surface area contributed by atoms with E-state index in [4.69, 9.17) is 9.47 Å². The molecule has 0 aromatic carbocycles. The Kier molecular flexibility index (Phi) is 11.2. The maximum atomic E-state index is 13.4. The third kappa shape index (κ3) is 13.2. The number of esters is 2. The smallest absolute Gasteiger partial charge is 0.316 e. The first-order valence-electron chi connectivity index (χ1n) is 13.6. The number of ether oxygens (including phenoxy) is 2. The van der Waals surface area contributed by atoms with Crippen LogP contribution in [-0.2, 0) is 23.9 Å². The van der Waals surface area contributed by atoms with Gasteiger partial charge in [-0.1, -0.05) is 83.1 Å². The van der Waals surface area contributed by atoms with Gasteiger partial charge < -0.3 is 14.6 Å². The highest BCUT2D eigenvalue weighted by Crippen LogP contribution is 2.44. The number of carboxylic acid groups (broad SMARTS) is 1. The largest absolute Gasteiger partial charge is 0.481 e. The Bertz CT molecular complexity index is 706. The molecule has 6 nitrogen and oxygen atoms in total. The molecule has 0 spiro atoms. The molecular weight excluding hydrogens is 468 g/mol. The third-order valence-electron chi connectivity index (χ3n) is 6.23. The molecule has 6 heteroatoms. The van der Waals surface area contributed by atoms with Gasteiger partial charge in [0.05, 0.1) is 10.8 Å². The molecule has 0 rings (SSSR count). The van der Waals surface area contributed by atoms with Crippen LogP contribution in [0.1, 0.15) is 130 Å². The molecule has 0 aromatic rings. The van der Waals surface area contributed by atoms with E-state index in [-0.39, 0.29) is 34.9 Å². The number of carbonyl (C=O) groups is 3. The van der Waals surface area contributed by atoms with Gasteiger partial charge in [0.15, 0.2) is 0 Å². The number of hydrogen-bond acceptors (Lipinski definition) is 5. The van der Waals surface area contributed by atoms with Crippen LogP contribution in [-0.4, -0.2) is 36.2 Å². The first kappa shape index (κ1) is 35.4. The highest BCUT2D eigenvalue weighted by atomic mass is 16.6. The lowest BCUT2D eigenvalue weighted by molar-refractivity contribution is -0.176. The summed E-state index contributed by atoms with van der Waals surface area (Å²) in [5, 5.41) is 10.0. The predicted octanol–water partition coefficient (Wildman–Crippen LogP) is 7.92. The monoisotopic (exact) mass is 526 g/mol. The van der Waals surface area contributed by atoms with Gasteiger partial charge in [0.25, 0.3) is 0 Å². The average molecular weight is 527 g/mol. The lowest BCUT2D eigenvalue weighted by atomic mass is 9.67. The van der Waals surface area contributed by atoms with E-state index in [2.05, 4.69) is 83.1 Å². The van der Waals surface area contributed by atoms with Crippen LogP contribution >= 0.6 is 0 Å². The Morgan fingerprint density at radius 2 is 0.676 bits per heavy atom. The van der Waals surface area contributed by atoms with Gasteiger partial charge in [-0.2, -0.15) is 0 Å². The van der Waals surface area contributed by atoms with E-state index >= 15 is 0 Å². The van der Waals surface area contributed by atoms with E-state index in [1.54, 1.807) is 0 Å². The number of aliphatic carboxylic acids is 1. The fourth-order valence-corrected chi connectivity index (χ4v) is 6.06. The number of rotatable bonds is 11. The fraction of sp³-hybridized carbons (Fsp3) is 0.903. The molecule has 1 N–H and O–H groups in total. The molecular formula is C31H58O6. The van der Waals surface area contributed by atoms with Crippen molar-refractivity contribution in [2.45, 2.75) is 130 Å². The normalized spacial score (nSPS) is 14.4. The zero-order valence-corrected chi connectivity index (χ0v) is 26.7. The van der Waals surface area contributed by atoms with Crippen LogP contribution in [0.4, 0.5) is 0 Å². The van der Waals surface area contributed by atoms with E-state index in [1.165, 1.54) is 6.92 Å². The SMILES string of the molecule is CC(C)(C)CC(C)(CC(C)(C)C)C(=O)OCC(C)(COC(=O)C(C)(CC(C)(C)C)CC(C)(C)C)C(=O)O. The first-order valence-corrected chi connectivity index (χ1v) is 13.6. The van der Waals surface area contributed by atoms with Crippen molar-refractivity contribution in [3.05, 3.63) is 0 Å². The van der Waals surface area contributed by atoms with Crippen LogP contribution in [0, 0.1) is 37.9 Å². The van der Waals surface area contributed by atoms with Crippen molar-refractivity contribution in [2.24, 2.45) is 37.9 Å². The second kappa shape index (κ2) is 11.7. The number of carboxylic acids is 1. The lowest BCUT2D eigenvalue weighted by Gasteiger charge is -2.39. The van der Waals surface area contributed by atoms with E-state index in [0.717, 1.165) is 0 Å². The summed E-state index contributed by atoms with van der Waals surface area (Å²) >= 11 is 0. The standard InChI is InChI=1S/C31H58O6/c1-25(2,3)16-29(13,17-26(4,5)6)23(34)36-20-31(15,22(32)33)21-37-24(35)30(14,18-27(7,8)9)19-28(10,11)12/h16-21H2,1-15H3,(H,32,33). The maximum Gasteiger partial charge on any atom is 0.316 e. The molecule has 0 aliphatic rings. The van der Waals surface area contributed by atoms with Crippen molar-refractivity contribution in [1.29, 1.82) is 0 Å². The van der Waals surface area contributed by atoms with Crippen molar-refractivity contribution >= 4 is 17.9 Å². The Morgan fingerprint density at radius 3 is 0.838 bits per heavy atom. The van der Waals surface area contributed by atoms with Gasteiger partial charge in [-0.05, 0) is 68.1 Å². The van der Waals surface area contributed by atoms with Gasteiger partial charge in [-0.25, -0.2) is 0 Å². The number of hydrogen-bond donors (Lipinski definition) is 1. The minimum atomic E-state index is -1.56. The zero-order chi connectivity index (χ0) is 29.9. The molecule has 0 saturated heterocycles. The van der Waals surface area contributed by atoms with Gasteiger partial charge in [-0.15, -0.1) is 0 Å². The zero-order valence-electron chi connectivity index (χ0n) is 26.7. The second-order valence-corrected chi connectivity index (χ2v) is 17.1. The summed E-state index contributed by atoms with van der Waals surface area (Å²) in [6.45, 7) is 29.5. The maximum absolute atomic E-state index is 13.4. The van der Waals surface area contributed by atoms with Gasteiger partial charge >= 0.3 is 17.9 Å². The van der Waals surface area contributed by atoms with Crippen LogP contribution in [0.25, 0.3) is 0 Å². The summed E-state index contributed by atoms with van der Waals surface area (Å²) in [6, 6.07) is 0. The Hall–Kier alpha value is -1.59. The average Bonchev–Trinajstić information content (AvgIpc) is 2.57. The molecule has 0 aromatic heterocycles. The van der Waals surface area contributed by atoms with E-state index < -0.39 is 34.2 Å². The molecule has 0 fully saturated rings. The minimum absolute atomic E-state index is 0.116.